The first kappa shape index (κ1) is 12.2. The van der Waals surface area contributed by atoms with Crippen molar-refractivity contribution in [3.05, 3.63) is 53.9 Å². The first-order chi connectivity index (χ1) is 10.3. The van der Waals surface area contributed by atoms with E-state index >= 15 is 0 Å². The van der Waals surface area contributed by atoms with Gasteiger partial charge in [-0.1, -0.05) is 30.3 Å². The van der Waals surface area contributed by atoms with Gasteiger partial charge in [0.05, 0.1) is 11.0 Å². The van der Waals surface area contributed by atoms with Crippen LogP contribution in [-0.4, -0.2) is 28.3 Å². The van der Waals surface area contributed by atoms with Gasteiger partial charge in [-0.25, -0.2) is 4.98 Å². The summed E-state index contributed by atoms with van der Waals surface area (Å²) < 4.78 is 11.1. The summed E-state index contributed by atoms with van der Waals surface area (Å²) in [6.45, 7) is 1.09. The fourth-order valence-corrected chi connectivity index (χ4v) is 2.49. The summed E-state index contributed by atoms with van der Waals surface area (Å²) in [5, 5.41) is 10.4. The van der Waals surface area contributed by atoms with Crippen molar-refractivity contribution in [2.45, 2.75) is 6.10 Å². The van der Waals surface area contributed by atoms with E-state index in [4.69, 9.17) is 9.47 Å². The van der Waals surface area contributed by atoms with Crippen LogP contribution in [0.2, 0.25) is 0 Å². The summed E-state index contributed by atoms with van der Waals surface area (Å²) in [5.74, 6) is 1.91. The van der Waals surface area contributed by atoms with Crippen LogP contribution in [0, 0.1) is 0 Å². The van der Waals surface area contributed by atoms with Crippen molar-refractivity contribution in [2.24, 2.45) is 0 Å². The van der Waals surface area contributed by atoms with Crippen LogP contribution in [0.1, 0.15) is 17.5 Å². The van der Waals surface area contributed by atoms with Crippen LogP contribution < -0.4 is 9.47 Å². The third kappa shape index (κ3) is 2.11. The van der Waals surface area contributed by atoms with Gasteiger partial charge in [0, 0.05) is 12.1 Å². The third-order valence-corrected chi connectivity index (χ3v) is 3.54. The number of H-pyrrole nitrogens is 1. The van der Waals surface area contributed by atoms with E-state index in [-0.39, 0.29) is 0 Å². The van der Waals surface area contributed by atoms with Crippen molar-refractivity contribution in [1.82, 2.24) is 9.97 Å². The second kappa shape index (κ2) is 4.79. The zero-order valence-corrected chi connectivity index (χ0v) is 11.2. The number of fused-ring (bicyclic) bond motifs is 2. The normalized spacial score (nSPS) is 15.1. The summed E-state index contributed by atoms with van der Waals surface area (Å²) in [6, 6.07) is 13.1. The smallest absolute Gasteiger partial charge is 0.163 e. The molecule has 0 radical (unpaired) electrons. The number of nitrogens with zero attached hydrogens (tertiary/aromatic N) is 1. The lowest BCUT2D eigenvalue weighted by molar-refractivity contribution is 0.172. The molecule has 1 aliphatic heterocycles. The van der Waals surface area contributed by atoms with E-state index in [9.17, 15) is 5.11 Å². The number of rotatable bonds is 2. The van der Waals surface area contributed by atoms with Gasteiger partial charge in [-0.3, -0.25) is 0 Å². The molecule has 5 nitrogen and oxygen atoms in total. The predicted molar refractivity (Wildman–Crippen MR) is 77.6 cm³/mol. The van der Waals surface area contributed by atoms with E-state index in [1.807, 2.05) is 42.5 Å². The molecule has 0 fully saturated rings. The third-order valence-electron chi connectivity index (χ3n) is 3.54. The number of hydrogen-bond donors (Lipinski definition) is 2. The molecule has 1 unspecified atom stereocenters. The Bertz CT molecular complexity index is 740. The van der Waals surface area contributed by atoms with Crippen LogP contribution in [0.4, 0.5) is 0 Å². The highest BCUT2D eigenvalue weighted by atomic mass is 16.6. The highest BCUT2D eigenvalue weighted by molar-refractivity contribution is 5.80. The van der Waals surface area contributed by atoms with Gasteiger partial charge < -0.3 is 19.6 Å². The van der Waals surface area contributed by atoms with Gasteiger partial charge in [-0.2, -0.15) is 0 Å². The predicted octanol–water partition coefficient (Wildman–Crippen LogP) is 2.42. The number of hydrogen-bond acceptors (Lipinski definition) is 4. The van der Waals surface area contributed by atoms with Crippen LogP contribution >= 0.6 is 0 Å². The molecule has 2 heterocycles. The molecular weight excluding hydrogens is 268 g/mol. The molecule has 3 aromatic rings. The lowest BCUT2D eigenvalue weighted by Gasteiger charge is -2.17. The molecule has 21 heavy (non-hydrogen) atoms. The monoisotopic (exact) mass is 282 g/mol. The Morgan fingerprint density at radius 3 is 2.52 bits per heavy atom. The van der Waals surface area contributed by atoms with Gasteiger partial charge in [0.15, 0.2) is 11.5 Å². The summed E-state index contributed by atoms with van der Waals surface area (Å²) in [7, 11) is 0. The summed E-state index contributed by atoms with van der Waals surface area (Å²) >= 11 is 0. The molecule has 106 valence electrons. The standard InChI is InChI=1S/C16H14N2O3/c19-15(10-4-2-1-3-5-10)16-17-11-8-13-14(9-12(11)18-16)21-7-6-20-13/h1-5,8-9,15,19H,6-7H2,(H,17,18). The largest absolute Gasteiger partial charge is 0.486 e. The maximum absolute atomic E-state index is 10.4. The first-order valence-corrected chi connectivity index (χ1v) is 6.83. The fourth-order valence-electron chi connectivity index (χ4n) is 2.49. The Morgan fingerprint density at radius 2 is 1.76 bits per heavy atom. The minimum absolute atomic E-state index is 0.513. The van der Waals surface area contributed by atoms with E-state index in [2.05, 4.69) is 9.97 Å². The van der Waals surface area contributed by atoms with Crippen molar-refractivity contribution < 1.29 is 14.6 Å². The van der Waals surface area contributed by atoms with Crippen LogP contribution in [-0.2, 0) is 0 Å². The van der Waals surface area contributed by atoms with Crippen molar-refractivity contribution in [3.8, 4) is 11.5 Å². The molecule has 0 saturated heterocycles. The van der Waals surface area contributed by atoms with Gasteiger partial charge in [0.2, 0.25) is 0 Å². The Kier molecular flexibility index (Phi) is 2.79. The molecule has 1 aromatic heterocycles. The number of aliphatic hydroxyl groups is 1. The van der Waals surface area contributed by atoms with Gasteiger partial charge >= 0.3 is 0 Å². The first-order valence-electron chi connectivity index (χ1n) is 6.83. The van der Waals surface area contributed by atoms with E-state index < -0.39 is 6.10 Å². The quantitative estimate of drug-likeness (QED) is 0.757. The maximum Gasteiger partial charge on any atom is 0.163 e. The van der Waals surface area contributed by atoms with Crippen LogP contribution in [0.15, 0.2) is 42.5 Å². The molecule has 1 aliphatic rings. The van der Waals surface area contributed by atoms with Gasteiger partial charge in [-0.05, 0) is 5.56 Å². The van der Waals surface area contributed by atoms with Crippen LogP contribution in [0.3, 0.4) is 0 Å². The number of nitrogens with one attached hydrogen (secondary N) is 1. The molecule has 2 aromatic carbocycles. The lowest BCUT2D eigenvalue weighted by Crippen LogP contribution is -2.15. The van der Waals surface area contributed by atoms with Crippen molar-refractivity contribution >= 4 is 11.0 Å². The second-order valence-electron chi connectivity index (χ2n) is 4.95. The topological polar surface area (TPSA) is 67.4 Å². The van der Waals surface area contributed by atoms with Gasteiger partial charge in [0.25, 0.3) is 0 Å². The van der Waals surface area contributed by atoms with Crippen molar-refractivity contribution in [2.75, 3.05) is 13.2 Å². The van der Waals surface area contributed by atoms with Crippen LogP contribution in [0.5, 0.6) is 11.5 Å². The van der Waals surface area contributed by atoms with Gasteiger partial charge in [0.1, 0.15) is 25.1 Å². The van der Waals surface area contributed by atoms with E-state index in [0.717, 1.165) is 16.6 Å². The Morgan fingerprint density at radius 1 is 1.05 bits per heavy atom. The summed E-state index contributed by atoms with van der Waals surface area (Å²) in [6.07, 6.45) is -0.780. The van der Waals surface area contributed by atoms with Crippen molar-refractivity contribution in [1.29, 1.82) is 0 Å². The number of benzene rings is 2. The molecule has 0 aliphatic carbocycles. The fraction of sp³-hybridized carbons (Fsp3) is 0.188. The van der Waals surface area contributed by atoms with Crippen molar-refractivity contribution in [3.63, 3.8) is 0 Å². The summed E-state index contributed by atoms with van der Waals surface area (Å²) in [5.41, 5.74) is 2.38. The molecule has 2 N–H and O–H groups in total. The molecule has 0 saturated carbocycles. The molecule has 0 bridgehead atoms. The van der Waals surface area contributed by atoms with E-state index in [1.165, 1.54) is 0 Å². The molecule has 5 heteroatoms. The highest BCUT2D eigenvalue weighted by Gasteiger charge is 2.18. The summed E-state index contributed by atoms with van der Waals surface area (Å²) in [4.78, 5) is 7.60. The molecule has 1 atom stereocenters. The number of ether oxygens (including phenoxy) is 2. The minimum Gasteiger partial charge on any atom is -0.486 e. The van der Waals surface area contributed by atoms with Gasteiger partial charge in [-0.15, -0.1) is 0 Å². The average molecular weight is 282 g/mol. The Labute approximate surface area is 121 Å². The highest BCUT2D eigenvalue weighted by Crippen LogP contribution is 2.34. The Hall–Kier alpha value is -2.53. The Balaban J connectivity index is 1.77. The molecule has 0 amide bonds. The SMILES string of the molecule is OC(c1ccccc1)c1nc2cc3c(cc2[nH]1)OCCO3. The molecule has 4 rings (SSSR count). The lowest BCUT2D eigenvalue weighted by atomic mass is 10.1. The van der Waals surface area contributed by atoms with Crippen LogP contribution in [0.25, 0.3) is 11.0 Å². The number of aliphatic hydroxyl groups excluding tert-OH is 1. The molecular formula is C16H14N2O3. The van der Waals surface area contributed by atoms with E-state index in [1.54, 1.807) is 0 Å². The average Bonchev–Trinajstić information content (AvgIpc) is 2.95. The minimum atomic E-state index is -0.780. The number of aromatic amines is 1. The zero-order valence-electron chi connectivity index (χ0n) is 11.2. The second-order valence-corrected chi connectivity index (χ2v) is 4.95. The zero-order chi connectivity index (χ0) is 14.2. The molecule has 0 spiro atoms. The maximum atomic E-state index is 10.4. The number of imidazole rings is 1. The number of aromatic nitrogens is 2. The van der Waals surface area contributed by atoms with E-state index in [0.29, 0.717) is 30.5 Å².